The van der Waals surface area contributed by atoms with Gasteiger partial charge in [-0.2, -0.15) is 0 Å². The average molecular weight is 450 g/mol. The number of amides is 3. The molecule has 0 bridgehead atoms. The van der Waals surface area contributed by atoms with Gasteiger partial charge in [-0.1, -0.05) is 24.3 Å². The van der Waals surface area contributed by atoms with Crippen molar-refractivity contribution in [2.24, 2.45) is 5.92 Å². The minimum absolute atomic E-state index is 0.230. The molecule has 1 fully saturated rings. The van der Waals surface area contributed by atoms with E-state index in [9.17, 15) is 14.4 Å². The van der Waals surface area contributed by atoms with Gasteiger partial charge in [0.1, 0.15) is 5.60 Å². The number of carbonyl (C=O) groups is 3. The number of ether oxygens (including phenoxy) is 1. The molecule has 2 aliphatic heterocycles. The van der Waals surface area contributed by atoms with E-state index in [2.05, 4.69) is 5.32 Å². The van der Waals surface area contributed by atoms with Gasteiger partial charge in [-0.05, 0) is 75.9 Å². The topological polar surface area (TPSA) is 79.0 Å². The highest BCUT2D eigenvalue weighted by Crippen LogP contribution is 2.28. The summed E-state index contributed by atoms with van der Waals surface area (Å²) < 4.78 is 5.46. The molecule has 0 radical (unpaired) electrons. The molecule has 0 aliphatic carbocycles. The van der Waals surface area contributed by atoms with Crippen molar-refractivity contribution < 1.29 is 19.1 Å². The van der Waals surface area contributed by atoms with Gasteiger partial charge >= 0.3 is 6.09 Å². The molecule has 33 heavy (non-hydrogen) atoms. The van der Waals surface area contributed by atoms with Crippen LogP contribution in [0.2, 0.25) is 0 Å². The highest BCUT2D eigenvalue weighted by molar-refractivity contribution is 6.34. The van der Waals surface area contributed by atoms with Crippen LogP contribution in [0.5, 0.6) is 0 Å². The first kappa shape index (κ1) is 23.0. The molecule has 0 atom stereocenters. The largest absolute Gasteiger partial charge is 0.444 e. The monoisotopic (exact) mass is 449 g/mol. The zero-order valence-corrected chi connectivity index (χ0v) is 19.5. The molecule has 0 unspecified atom stereocenters. The van der Waals surface area contributed by atoms with Crippen molar-refractivity contribution in [1.82, 2.24) is 10.2 Å². The summed E-state index contributed by atoms with van der Waals surface area (Å²) in [5, 5.41) is 3.49. The summed E-state index contributed by atoms with van der Waals surface area (Å²) in [7, 11) is 0. The van der Waals surface area contributed by atoms with E-state index in [-0.39, 0.29) is 17.9 Å². The van der Waals surface area contributed by atoms with Crippen LogP contribution in [0, 0.1) is 5.92 Å². The van der Waals surface area contributed by atoms with Crippen molar-refractivity contribution in [2.75, 3.05) is 24.5 Å². The van der Waals surface area contributed by atoms with E-state index in [0.717, 1.165) is 38.0 Å². The number of nitrogens with zero attached hydrogens (tertiary/aromatic N) is 2. The maximum absolute atomic E-state index is 12.6. The zero-order valence-electron chi connectivity index (χ0n) is 19.5. The Morgan fingerprint density at radius 3 is 2.09 bits per heavy atom. The number of piperidine rings is 1. The predicted molar refractivity (Wildman–Crippen MR) is 126 cm³/mol. The molecular weight excluding hydrogens is 418 g/mol. The normalized spacial score (nSPS) is 16.8. The molecule has 7 nitrogen and oxygen atoms in total. The number of rotatable bonds is 5. The quantitative estimate of drug-likeness (QED) is 0.692. The number of anilines is 1. The van der Waals surface area contributed by atoms with E-state index in [4.69, 9.17) is 4.74 Å². The predicted octanol–water partition coefficient (Wildman–Crippen LogP) is 4.22. The van der Waals surface area contributed by atoms with Crippen LogP contribution in [0.15, 0.2) is 48.5 Å². The smallest absolute Gasteiger partial charge is 0.410 e. The molecule has 0 spiro atoms. The second kappa shape index (κ2) is 9.35. The maximum Gasteiger partial charge on any atom is 0.410 e. The van der Waals surface area contributed by atoms with E-state index in [1.54, 1.807) is 29.2 Å². The molecule has 3 amide bonds. The van der Waals surface area contributed by atoms with Gasteiger partial charge in [0, 0.05) is 19.6 Å². The van der Waals surface area contributed by atoms with E-state index in [1.807, 2.05) is 45.0 Å². The summed E-state index contributed by atoms with van der Waals surface area (Å²) >= 11 is 0. The molecule has 0 aromatic heterocycles. The Morgan fingerprint density at radius 1 is 0.970 bits per heavy atom. The molecular formula is C26H31N3O4. The highest BCUT2D eigenvalue weighted by Gasteiger charge is 2.36. The second-order valence-corrected chi connectivity index (χ2v) is 9.70. The van der Waals surface area contributed by atoms with Crippen molar-refractivity contribution in [3.63, 3.8) is 0 Å². The summed E-state index contributed by atoms with van der Waals surface area (Å²) in [5.41, 5.74) is 2.10. The van der Waals surface area contributed by atoms with Gasteiger partial charge in [-0.25, -0.2) is 9.69 Å². The van der Waals surface area contributed by atoms with Crippen molar-refractivity contribution in [2.45, 2.75) is 45.8 Å². The van der Waals surface area contributed by atoms with Crippen LogP contribution in [0.1, 0.15) is 59.9 Å². The fraction of sp³-hybridized carbons (Fsp3) is 0.423. The molecule has 2 aromatic rings. The maximum atomic E-state index is 12.6. The van der Waals surface area contributed by atoms with E-state index >= 15 is 0 Å². The number of benzene rings is 2. The van der Waals surface area contributed by atoms with Crippen molar-refractivity contribution in [3.05, 3.63) is 65.2 Å². The first-order chi connectivity index (χ1) is 15.7. The van der Waals surface area contributed by atoms with Crippen LogP contribution in [-0.4, -0.2) is 48.0 Å². The minimum atomic E-state index is -0.468. The first-order valence-corrected chi connectivity index (χ1v) is 11.5. The number of nitrogens with one attached hydrogen (secondary N) is 1. The summed E-state index contributed by atoms with van der Waals surface area (Å²) in [4.78, 5) is 40.5. The molecule has 2 aliphatic rings. The fourth-order valence-electron chi connectivity index (χ4n) is 4.25. The van der Waals surface area contributed by atoms with Gasteiger partial charge in [-0.15, -0.1) is 0 Å². The molecule has 0 saturated carbocycles. The van der Waals surface area contributed by atoms with Gasteiger partial charge in [0.15, 0.2) is 0 Å². The van der Waals surface area contributed by atoms with Crippen molar-refractivity contribution in [1.29, 1.82) is 0 Å². The van der Waals surface area contributed by atoms with E-state index in [0.29, 0.717) is 29.3 Å². The highest BCUT2D eigenvalue weighted by atomic mass is 16.6. The summed E-state index contributed by atoms with van der Waals surface area (Å²) in [6.07, 6.45) is 1.67. The van der Waals surface area contributed by atoms with Crippen LogP contribution < -0.4 is 10.2 Å². The van der Waals surface area contributed by atoms with Crippen molar-refractivity contribution >= 4 is 23.6 Å². The van der Waals surface area contributed by atoms with Crippen LogP contribution in [0.4, 0.5) is 10.5 Å². The van der Waals surface area contributed by atoms with Crippen LogP contribution >= 0.6 is 0 Å². The van der Waals surface area contributed by atoms with Gasteiger partial charge < -0.3 is 15.0 Å². The van der Waals surface area contributed by atoms with E-state index < -0.39 is 5.60 Å². The minimum Gasteiger partial charge on any atom is -0.444 e. The van der Waals surface area contributed by atoms with Gasteiger partial charge in [-0.3, -0.25) is 9.59 Å². The molecule has 2 aromatic carbocycles. The van der Waals surface area contributed by atoms with Gasteiger partial charge in [0.05, 0.1) is 16.8 Å². The van der Waals surface area contributed by atoms with E-state index in [1.165, 1.54) is 4.90 Å². The number of hydrogen-bond acceptors (Lipinski definition) is 5. The molecule has 7 heteroatoms. The lowest BCUT2D eigenvalue weighted by molar-refractivity contribution is 0.0184. The second-order valence-electron chi connectivity index (χ2n) is 9.70. The summed E-state index contributed by atoms with van der Waals surface area (Å²) in [5.74, 6) is -0.0419. The van der Waals surface area contributed by atoms with Crippen LogP contribution in [-0.2, 0) is 11.3 Å². The first-order valence-electron chi connectivity index (χ1n) is 11.5. The van der Waals surface area contributed by atoms with Gasteiger partial charge in [0.25, 0.3) is 11.8 Å². The lowest BCUT2D eigenvalue weighted by Gasteiger charge is -2.33. The third-order valence-electron chi connectivity index (χ3n) is 6.02. The Kier molecular flexibility index (Phi) is 6.51. The Morgan fingerprint density at radius 2 is 1.55 bits per heavy atom. The number of carbonyl (C=O) groups excluding carboxylic acids is 3. The molecule has 1 N–H and O–H groups in total. The Labute approximate surface area is 194 Å². The van der Waals surface area contributed by atoms with Gasteiger partial charge in [0.2, 0.25) is 0 Å². The Hall–Kier alpha value is -3.19. The Bertz CT molecular complexity index is 999. The zero-order chi connectivity index (χ0) is 23.6. The lowest BCUT2D eigenvalue weighted by Crippen LogP contribution is -2.43. The standard InChI is InChI=1S/C26H31N3O4/c1-26(2,3)33-25(32)28-14-12-19(13-15-28)17-27-16-18-8-10-20(11-9-18)29-23(30)21-6-4-5-7-22(21)24(29)31/h4-11,19,27H,12-17H2,1-3H3. The van der Waals surface area contributed by atoms with Crippen LogP contribution in [0.3, 0.4) is 0 Å². The molecule has 1 saturated heterocycles. The van der Waals surface area contributed by atoms with Crippen molar-refractivity contribution in [3.8, 4) is 0 Å². The lowest BCUT2D eigenvalue weighted by atomic mass is 9.97. The molecule has 2 heterocycles. The Balaban J connectivity index is 1.24. The fourth-order valence-corrected chi connectivity index (χ4v) is 4.25. The molecule has 174 valence electrons. The summed E-state index contributed by atoms with van der Waals surface area (Å²) in [6.45, 7) is 8.67. The number of hydrogen-bond donors (Lipinski definition) is 1. The molecule has 4 rings (SSSR count). The third-order valence-corrected chi connectivity index (χ3v) is 6.02. The number of likely N-dealkylation sites (tertiary alicyclic amines) is 1. The average Bonchev–Trinajstić information content (AvgIpc) is 3.04. The third kappa shape index (κ3) is 5.25. The number of imide groups is 1. The summed E-state index contributed by atoms with van der Waals surface area (Å²) in [6, 6.07) is 14.4. The number of fused-ring (bicyclic) bond motifs is 1. The SMILES string of the molecule is CC(C)(C)OC(=O)N1CCC(CNCc2ccc(N3C(=O)c4ccccc4C3=O)cc2)CC1. The van der Waals surface area contributed by atoms with Crippen LogP contribution in [0.25, 0.3) is 0 Å².